The van der Waals surface area contributed by atoms with E-state index < -0.39 is 9.84 Å². The molecule has 1 rings (SSSR count). The molecule has 0 spiro atoms. The number of nitrogens with zero attached hydrogens (tertiary/aromatic N) is 2. The van der Waals surface area contributed by atoms with Gasteiger partial charge in [-0.2, -0.15) is 0 Å². The van der Waals surface area contributed by atoms with Crippen molar-refractivity contribution in [2.75, 3.05) is 0 Å². The first-order valence-corrected chi connectivity index (χ1v) is 4.35. The molecule has 0 unspecified atom stereocenters. The minimum atomic E-state index is -3.39. The zero-order valence-electron chi connectivity index (χ0n) is 5.64. The van der Waals surface area contributed by atoms with Gasteiger partial charge in [-0.25, -0.2) is 18.4 Å². The monoisotopic (exact) mass is 170 g/mol. The van der Waals surface area contributed by atoms with Crippen LogP contribution in [0.3, 0.4) is 0 Å². The summed E-state index contributed by atoms with van der Waals surface area (Å²) < 4.78 is 22.0. The van der Waals surface area contributed by atoms with Crippen LogP contribution in [-0.2, 0) is 9.84 Å². The molecule has 1 aromatic heterocycles. The maximum absolute atomic E-state index is 11.0. The second-order valence-electron chi connectivity index (χ2n) is 1.76. The van der Waals surface area contributed by atoms with E-state index in [9.17, 15) is 8.42 Å². The molecule has 0 atom stereocenters. The predicted octanol–water partition coefficient (Wildman–Crippen LogP) is 0.394. The average molecular weight is 170 g/mol. The molecule has 0 fully saturated rings. The molecule has 58 valence electrons. The third-order valence-electron chi connectivity index (χ3n) is 1.07. The van der Waals surface area contributed by atoms with Crippen molar-refractivity contribution in [1.29, 1.82) is 0 Å². The lowest BCUT2D eigenvalue weighted by molar-refractivity contribution is 0.600. The molecule has 0 saturated heterocycles. The zero-order valence-corrected chi connectivity index (χ0v) is 6.45. The van der Waals surface area contributed by atoms with Crippen molar-refractivity contribution in [1.82, 2.24) is 9.97 Å². The van der Waals surface area contributed by atoms with Crippen molar-refractivity contribution >= 4 is 9.84 Å². The molecule has 0 aromatic carbocycles. The third kappa shape index (κ3) is 1.62. The lowest BCUT2D eigenvalue weighted by Crippen LogP contribution is -1.98. The third-order valence-corrected chi connectivity index (χ3v) is 2.33. The van der Waals surface area contributed by atoms with Crippen molar-refractivity contribution in [2.45, 2.75) is 5.03 Å². The fourth-order valence-electron chi connectivity index (χ4n) is 0.532. The Balaban J connectivity index is 3.24. The lowest BCUT2D eigenvalue weighted by atomic mass is 10.7. The molecular weight excluding hydrogens is 164 g/mol. The van der Waals surface area contributed by atoms with E-state index in [-0.39, 0.29) is 5.03 Å². The quantitative estimate of drug-likeness (QED) is 0.602. The summed E-state index contributed by atoms with van der Waals surface area (Å²) in [5.74, 6) is 0. The highest BCUT2D eigenvalue weighted by Gasteiger charge is 2.08. The van der Waals surface area contributed by atoms with Crippen LogP contribution in [0.25, 0.3) is 0 Å². The van der Waals surface area contributed by atoms with Gasteiger partial charge in [0.15, 0.2) is 5.03 Å². The van der Waals surface area contributed by atoms with Crippen LogP contribution in [-0.4, -0.2) is 18.4 Å². The standard InChI is InChI=1S/C6H6N2O2S/c1-2-11(9,10)6-3-4-7-5-8-6/h2-5H,1H2. The molecular formula is C6H6N2O2S. The maximum Gasteiger partial charge on any atom is 0.216 e. The molecule has 1 aromatic rings. The smallest absolute Gasteiger partial charge is 0.216 e. The molecule has 0 aliphatic carbocycles. The Hall–Kier alpha value is -1.23. The molecule has 0 aliphatic heterocycles. The first kappa shape index (κ1) is 7.87. The van der Waals surface area contributed by atoms with Crippen molar-refractivity contribution in [3.8, 4) is 0 Å². The van der Waals surface area contributed by atoms with Crippen molar-refractivity contribution in [3.05, 3.63) is 30.6 Å². The second kappa shape index (κ2) is 2.79. The Kier molecular flexibility index (Phi) is 2.00. The van der Waals surface area contributed by atoms with Crippen LogP contribution in [0.2, 0.25) is 0 Å². The SMILES string of the molecule is C=CS(=O)(=O)c1ccncn1. The summed E-state index contributed by atoms with van der Waals surface area (Å²) in [6.45, 7) is 3.16. The summed E-state index contributed by atoms with van der Waals surface area (Å²) in [7, 11) is -3.39. The summed E-state index contributed by atoms with van der Waals surface area (Å²) in [6.07, 6.45) is 2.54. The van der Waals surface area contributed by atoms with Gasteiger partial charge in [-0.05, 0) is 6.07 Å². The van der Waals surface area contributed by atoms with Crippen LogP contribution in [0.1, 0.15) is 0 Å². The molecule has 0 aliphatic rings. The largest absolute Gasteiger partial charge is 0.245 e. The van der Waals surface area contributed by atoms with Crippen LogP contribution < -0.4 is 0 Å². The van der Waals surface area contributed by atoms with E-state index in [1.165, 1.54) is 18.6 Å². The highest BCUT2D eigenvalue weighted by atomic mass is 32.2. The maximum atomic E-state index is 11.0. The molecule has 4 nitrogen and oxygen atoms in total. The van der Waals surface area contributed by atoms with E-state index >= 15 is 0 Å². The minimum Gasteiger partial charge on any atom is -0.245 e. The second-order valence-corrected chi connectivity index (χ2v) is 3.60. The van der Waals surface area contributed by atoms with Crippen LogP contribution in [0.15, 0.2) is 35.6 Å². The van der Waals surface area contributed by atoms with Gasteiger partial charge in [0, 0.05) is 11.6 Å². The molecule has 0 radical (unpaired) electrons. The number of rotatable bonds is 2. The summed E-state index contributed by atoms with van der Waals surface area (Å²) in [5, 5.41) is 0.831. The summed E-state index contributed by atoms with van der Waals surface area (Å²) in [6, 6.07) is 1.32. The Labute approximate surface area is 64.5 Å². The van der Waals surface area contributed by atoms with Crippen molar-refractivity contribution < 1.29 is 8.42 Å². The fourth-order valence-corrected chi connectivity index (χ4v) is 1.15. The van der Waals surface area contributed by atoms with Crippen LogP contribution in [0.4, 0.5) is 0 Å². The van der Waals surface area contributed by atoms with Gasteiger partial charge in [-0.3, -0.25) is 0 Å². The summed E-state index contributed by atoms with van der Waals surface area (Å²) in [5.41, 5.74) is 0. The van der Waals surface area contributed by atoms with Crippen LogP contribution in [0.5, 0.6) is 0 Å². The van der Waals surface area contributed by atoms with Gasteiger partial charge in [0.05, 0.1) is 0 Å². The number of sulfone groups is 1. The molecule has 5 heteroatoms. The predicted molar refractivity (Wildman–Crippen MR) is 39.4 cm³/mol. The topological polar surface area (TPSA) is 59.9 Å². The molecule has 0 N–H and O–H groups in total. The van der Waals surface area contributed by atoms with Crippen molar-refractivity contribution in [3.63, 3.8) is 0 Å². The van der Waals surface area contributed by atoms with Crippen LogP contribution >= 0.6 is 0 Å². The number of hydrogen-bond donors (Lipinski definition) is 0. The van der Waals surface area contributed by atoms with E-state index in [1.54, 1.807) is 0 Å². The Morgan fingerprint density at radius 2 is 2.27 bits per heavy atom. The normalized spacial score (nSPS) is 10.9. The Morgan fingerprint density at radius 3 is 2.73 bits per heavy atom. The number of hydrogen-bond acceptors (Lipinski definition) is 4. The van der Waals surface area contributed by atoms with Gasteiger partial charge in [0.1, 0.15) is 6.33 Å². The molecule has 0 saturated carbocycles. The van der Waals surface area contributed by atoms with E-state index in [1.807, 2.05) is 0 Å². The van der Waals surface area contributed by atoms with E-state index in [0.29, 0.717) is 0 Å². The van der Waals surface area contributed by atoms with E-state index in [4.69, 9.17) is 0 Å². The summed E-state index contributed by atoms with van der Waals surface area (Å²) >= 11 is 0. The molecule has 11 heavy (non-hydrogen) atoms. The van der Waals surface area contributed by atoms with Gasteiger partial charge in [0.25, 0.3) is 0 Å². The lowest BCUT2D eigenvalue weighted by Gasteiger charge is -1.93. The van der Waals surface area contributed by atoms with E-state index in [2.05, 4.69) is 16.5 Å². The Bertz CT molecular complexity index is 344. The Morgan fingerprint density at radius 1 is 1.55 bits per heavy atom. The van der Waals surface area contributed by atoms with Gasteiger partial charge in [-0.1, -0.05) is 6.58 Å². The first-order valence-electron chi connectivity index (χ1n) is 2.80. The van der Waals surface area contributed by atoms with Gasteiger partial charge in [-0.15, -0.1) is 0 Å². The van der Waals surface area contributed by atoms with Crippen LogP contribution in [0, 0.1) is 0 Å². The highest BCUT2D eigenvalue weighted by molar-refractivity contribution is 7.94. The van der Waals surface area contributed by atoms with E-state index in [0.717, 1.165) is 5.41 Å². The average Bonchev–Trinajstić information content (AvgIpc) is 2.06. The molecule has 0 bridgehead atoms. The molecule has 0 amide bonds. The van der Waals surface area contributed by atoms with Gasteiger partial charge >= 0.3 is 0 Å². The highest BCUT2D eigenvalue weighted by Crippen LogP contribution is 2.04. The fraction of sp³-hybridized carbons (Fsp3) is 0. The van der Waals surface area contributed by atoms with Crippen molar-refractivity contribution in [2.24, 2.45) is 0 Å². The minimum absolute atomic E-state index is 0.0255. The number of aromatic nitrogens is 2. The first-order chi connectivity index (χ1) is 5.17. The summed E-state index contributed by atoms with van der Waals surface area (Å²) in [4.78, 5) is 7.13. The van der Waals surface area contributed by atoms with Gasteiger partial charge in [0.2, 0.25) is 9.84 Å². The molecule has 1 heterocycles. The van der Waals surface area contributed by atoms with Gasteiger partial charge < -0.3 is 0 Å². The zero-order chi connectivity index (χ0) is 8.32.